The normalized spacial score (nSPS) is 14.6. The monoisotopic (exact) mass is 437 g/mol. The zero-order valence-corrected chi connectivity index (χ0v) is 18.3. The Morgan fingerprint density at radius 2 is 1.81 bits per heavy atom. The maximum Gasteiger partial charge on any atom is 0.257 e. The fourth-order valence-corrected chi connectivity index (χ4v) is 4.02. The second-order valence-electron chi connectivity index (χ2n) is 7.86. The van der Waals surface area contributed by atoms with Gasteiger partial charge in [-0.15, -0.1) is 0 Å². The Hall–Kier alpha value is -3.16. The number of aromatic nitrogens is 3. The number of amides is 1. The van der Waals surface area contributed by atoms with Crippen LogP contribution in [0.25, 0.3) is 16.9 Å². The number of nitrogens with zero attached hydrogens (tertiary/aromatic N) is 4. The van der Waals surface area contributed by atoms with Crippen molar-refractivity contribution in [3.8, 4) is 11.3 Å². The second-order valence-corrected chi connectivity index (χ2v) is 7.86. The Bertz CT molecular complexity index is 1190. The van der Waals surface area contributed by atoms with Gasteiger partial charge in [0.15, 0.2) is 5.65 Å². The lowest BCUT2D eigenvalue weighted by Gasteiger charge is -2.31. The molecule has 1 aromatic carbocycles. The molecule has 0 bridgehead atoms. The van der Waals surface area contributed by atoms with E-state index in [1.807, 2.05) is 22.4 Å². The molecule has 8 heteroatoms. The largest absolute Gasteiger partial charge is 1.00 e. The van der Waals surface area contributed by atoms with Crippen molar-refractivity contribution in [1.29, 1.82) is 0 Å². The molecule has 1 aliphatic rings. The summed E-state index contributed by atoms with van der Waals surface area (Å²) in [6, 6.07) is 14.2. The van der Waals surface area contributed by atoms with Crippen LogP contribution in [0.3, 0.4) is 0 Å². The highest BCUT2D eigenvalue weighted by Gasteiger charge is 2.28. The van der Waals surface area contributed by atoms with E-state index < -0.39 is 0 Å². The van der Waals surface area contributed by atoms with Crippen LogP contribution >= 0.6 is 0 Å². The van der Waals surface area contributed by atoms with Gasteiger partial charge in [0.25, 0.3) is 5.91 Å². The topological polar surface area (TPSA) is 68.1 Å². The minimum Gasteiger partial charge on any atom is -1.00 e. The second kappa shape index (κ2) is 8.53. The number of carbonyl (C=O) groups is 1. The van der Waals surface area contributed by atoms with Crippen LogP contribution in [0.15, 0.2) is 59.4 Å². The molecule has 1 aliphatic heterocycles. The number of piperazine rings is 1. The van der Waals surface area contributed by atoms with Crippen LogP contribution in [0.2, 0.25) is 0 Å². The fourth-order valence-electron chi connectivity index (χ4n) is 4.02. The molecule has 1 saturated heterocycles. The molecule has 0 unspecified atom stereocenters. The van der Waals surface area contributed by atoms with Crippen LogP contribution in [-0.4, -0.2) is 51.6 Å². The first kappa shape index (κ1) is 21.1. The summed E-state index contributed by atoms with van der Waals surface area (Å²) in [6.45, 7) is 7.11. The van der Waals surface area contributed by atoms with Gasteiger partial charge in [0.1, 0.15) is 19.4 Å². The van der Waals surface area contributed by atoms with Gasteiger partial charge in [-0.25, -0.2) is 4.98 Å². The van der Waals surface area contributed by atoms with Gasteiger partial charge in [-0.1, -0.05) is 29.8 Å². The first-order chi connectivity index (χ1) is 14.6. The zero-order chi connectivity index (χ0) is 20.7. The maximum atomic E-state index is 12.6. The molecular formula is C23H24ClN5O2. The highest BCUT2D eigenvalue weighted by molar-refractivity contribution is 5.93. The predicted molar refractivity (Wildman–Crippen MR) is 113 cm³/mol. The Kier molecular flexibility index (Phi) is 5.80. The van der Waals surface area contributed by atoms with E-state index in [1.54, 1.807) is 6.07 Å². The van der Waals surface area contributed by atoms with Crippen LogP contribution in [0.5, 0.6) is 0 Å². The molecule has 1 amide bonds. The third kappa shape index (κ3) is 4.06. The zero-order valence-electron chi connectivity index (χ0n) is 17.5. The number of fused-ring (bicyclic) bond motifs is 1. The van der Waals surface area contributed by atoms with E-state index in [1.165, 1.54) is 23.0 Å². The van der Waals surface area contributed by atoms with Crippen molar-refractivity contribution in [2.45, 2.75) is 13.8 Å². The minimum atomic E-state index is 0. The van der Waals surface area contributed by atoms with Gasteiger partial charge in [-0.2, -0.15) is 9.61 Å². The highest BCUT2D eigenvalue weighted by atomic mass is 35.5. The molecule has 7 nitrogen and oxygen atoms in total. The third-order valence-electron chi connectivity index (χ3n) is 5.69. The van der Waals surface area contributed by atoms with Crippen LogP contribution in [0, 0.1) is 13.8 Å². The molecule has 4 aromatic rings. The lowest BCUT2D eigenvalue weighted by molar-refractivity contribution is -0.840. The number of rotatable bonds is 3. The van der Waals surface area contributed by atoms with E-state index in [2.05, 4.69) is 42.2 Å². The Labute approximate surface area is 186 Å². The van der Waals surface area contributed by atoms with Crippen LogP contribution in [0.1, 0.15) is 21.6 Å². The van der Waals surface area contributed by atoms with E-state index in [4.69, 9.17) is 9.52 Å². The first-order valence-electron chi connectivity index (χ1n) is 10.2. The van der Waals surface area contributed by atoms with Gasteiger partial charge in [-0.3, -0.25) is 9.69 Å². The molecule has 4 heterocycles. The number of aryl methyl sites for hydroxylation is 2. The standard InChI is InChI=1S/C23H23N5O2.ClH/c1-16-3-5-18(6-4-16)20-14-21-24-17(2)13-22(28(21)25-20)26-8-10-27(11-9-26)23(29)19-7-12-30-15-19;/h3-7,12-15H,8-11H2,1-2H3;1H. The van der Waals surface area contributed by atoms with E-state index in [0.29, 0.717) is 18.7 Å². The summed E-state index contributed by atoms with van der Waals surface area (Å²) >= 11 is 0. The Morgan fingerprint density at radius 1 is 1.06 bits per heavy atom. The number of nitrogens with one attached hydrogen (secondary N) is 1. The number of carbonyl (C=O) groups excluding carboxylic acids is 1. The van der Waals surface area contributed by atoms with Gasteiger partial charge >= 0.3 is 0 Å². The number of quaternary nitrogens is 1. The van der Waals surface area contributed by atoms with Crippen molar-refractivity contribution in [2.75, 3.05) is 26.2 Å². The Balaban J connectivity index is 0.00000231. The van der Waals surface area contributed by atoms with Crippen molar-refractivity contribution in [3.63, 3.8) is 0 Å². The smallest absolute Gasteiger partial charge is 0.257 e. The summed E-state index contributed by atoms with van der Waals surface area (Å²) in [7, 11) is 0. The number of benzene rings is 1. The molecule has 3 aromatic heterocycles. The van der Waals surface area contributed by atoms with Gasteiger partial charge in [0.2, 0.25) is 5.82 Å². The molecule has 1 fully saturated rings. The highest BCUT2D eigenvalue weighted by Crippen LogP contribution is 2.21. The molecule has 0 saturated carbocycles. The summed E-state index contributed by atoms with van der Waals surface area (Å²) in [6.07, 6.45) is 3.04. The average Bonchev–Trinajstić information content (AvgIpc) is 3.43. The predicted octanol–water partition coefficient (Wildman–Crippen LogP) is -0.717. The number of furan rings is 1. The summed E-state index contributed by atoms with van der Waals surface area (Å²) in [5, 5.41) is 4.86. The molecule has 1 N–H and O–H groups in total. The van der Waals surface area contributed by atoms with E-state index in [0.717, 1.165) is 41.5 Å². The molecule has 5 rings (SSSR count). The van der Waals surface area contributed by atoms with Crippen molar-refractivity contribution in [2.24, 2.45) is 0 Å². The lowest BCUT2D eigenvalue weighted by Crippen LogP contribution is -3.10. The molecule has 31 heavy (non-hydrogen) atoms. The van der Waals surface area contributed by atoms with Crippen LogP contribution in [-0.2, 0) is 0 Å². The molecule has 0 aliphatic carbocycles. The van der Waals surface area contributed by atoms with Crippen molar-refractivity contribution < 1.29 is 26.5 Å². The third-order valence-corrected chi connectivity index (χ3v) is 5.69. The van der Waals surface area contributed by atoms with E-state index in [9.17, 15) is 4.79 Å². The van der Waals surface area contributed by atoms with Gasteiger partial charge in [0, 0.05) is 23.4 Å². The van der Waals surface area contributed by atoms with Crippen molar-refractivity contribution in [3.05, 3.63) is 71.8 Å². The van der Waals surface area contributed by atoms with Crippen LogP contribution < -0.4 is 17.3 Å². The van der Waals surface area contributed by atoms with Crippen molar-refractivity contribution in [1.82, 2.24) is 19.5 Å². The van der Waals surface area contributed by atoms with E-state index in [-0.39, 0.29) is 18.3 Å². The van der Waals surface area contributed by atoms with Crippen molar-refractivity contribution >= 4 is 17.4 Å². The number of halogens is 1. The molecule has 160 valence electrons. The number of hydrogen-bond acceptors (Lipinski definition) is 4. The first-order valence-corrected chi connectivity index (χ1v) is 10.2. The fraction of sp³-hybridized carbons (Fsp3) is 0.261. The quantitative estimate of drug-likeness (QED) is 0.459. The average molecular weight is 438 g/mol. The van der Waals surface area contributed by atoms with Gasteiger partial charge in [0.05, 0.1) is 30.6 Å². The van der Waals surface area contributed by atoms with E-state index >= 15 is 0 Å². The molecule has 0 atom stereocenters. The minimum absolute atomic E-state index is 0. The maximum absolute atomic E-state index is 12.6. The summed E-state index contributed by atoms with van der Waals surface area (Å²) in [4.78, 5) is 20.5. The van der Waals surface area contributed by atoms with Gasteiger partial charge in [-0.05, 0) is 19.9 Å². The van der Waals surface area contributed by atoms with Crippen LogP contribution in [0.4, 0.5) is 5.82 Å². The summed E-state index contributed by atoms with van der Waals surface area (Å²) < 4.78 is 7.00. The molecule has 0 spiro atoms. The van der Waals surface area contributed by atoms with Gasteiger partial charge < -0.3 is 21.7 Å². The SMILES string of the molecule is Cc1ccc(-c2cc3nc(C)cc([NH+]4CCN(C(=O)c5ccoc5)CC4)n3n2)cc1.[Cl-]. The molecular weight excluding hydrogens is 414 g/mol. The summed E-state index contributed by atoms with van der Waals surface area (Å²) in [5.74, 6) is 1.12. The summed E-state index contributed by atoms with van der Waals surface area (Å²) in [5.41, 5.74) is 5.66. The molecule has 0 radical (unpaired) electrons. The lowest BCUT2D eigenvalue weighted by atomic mass is 10.1. The Morgan fingerprint density at radius 3 is 2.48 bits per heavy atom. The number of hydrogen-bond donors (Lipinski definition) is 1.